The third kappa shape index (κ3) is 4.86. The van der Waals surface area contributed by atoms with Crippen LogP contribution in [0.1, 0.15) is 32.9 Å². The summed E-state index contributed by atoms with van der Waals surface area (Å²) in [6.07, 6.45) is 1.91. The first-order valence-electron chi connectivity index (χ1n) is 9.09. The predicted molar refractivity (Wildman–Crippen MR) is 108 cm³/mol. The minimum Gasteiger partial charge on any atom is -0.493 e. The number of amides is 2. The molecule has 1 fully saturated rings. The van der Waals surface area contributed by atoms with Crippen LogP contribution in [0.2, 0.25) is 0 Å². The van der Waals surface area contributed by atoms with E-state index >= 15 is 0 Å². The van der Waals surface area contributed by atoms with E-state index in [0.29, 0.717) is 29.5 Å². The molecule has 2 heterocycles. The van der Waals surface area contributed by atoms with Crippen molar-refractivity contribution >= 4 is 34.8 Å². The molecule has 1 aliphatic heterocycles. The van der Waals surface area contributed by atoms with Crippen LogP contribution in [0.5, 0.6) is 11.5 Å². The summed E-state index contributed by atoms with van der Waals surface area (Å²) in [7, 11) is 2.89. The van der Waals surface area contributed by atoms with Gasteiger partial charge in [0.25, 0.3) is 11.8 Å². The standard InChI is InChI=1S/C20H22N2O6S/c1-26-15-10-13(20(25)28-12-18(23)22-7-3-4-8-22)14(11-16(15)27-2)21-19(24)17-6-5-9-29-17/h5-6,9-11H,3-4,7-8,12H2,1-2H3,(H,21,24). The van der Waals surface area contributed by atoms with Crippen molar-refractivity contribution in [3.05, 3.63) is 40.1 Å². The highest BCUT2D eigenvalue weighted by Gasteiger charge is 2.23. The van der Waals surface area contributed by atoms with Crippen molar-refractivity contribution < 1.29 is 28.6 Å². The largest absolute Gasteiger partial charge is 0.493 e. The number of thiophene rings is 1. The molecule has 0 atom stereocenters. The number of hydrogen-bond donors (Lipinski definition) is 1. The third-order valence-electron chi connectivity index (χ3n) is 4.52. The fourth-order valence-electron chi connectivity index (χ4n) is 3.01. The van der Waals surface area contributed by atoms with E-state index in [1.807, 2.05) is 0 Å². The Bertz CT molecular complexity index is 891. The molecule has 1 N–H and O–H groups in total. The fourth-order valence-corrected chi connectivity index (χ4v) is 3.62. The van der Waals surface area contributed by atoms with Gasteiger partial charge in [0, 0.05) is 25.2 Å². The van der Waals surface area contributed by atoms with Gasteiger partial charge in [-0.25, -0.2) is 4.79 Å². The van der Waals surface area contributed by atoms with Crippen LogP contribution in [-0.2, 0) is 9.53 Å². The van der Waals surface area contributed by atoms with Gasteiger partial charge in [0.2, 0.25) is 0 Å². The highest BCUT2D eigenvalue weighted by molar-refractivity contribution is 7.12. The summed E-state index contributed by atoms with van der Waals surface area (Å²) in [4.78, 5) is 39.5. The van der Waals surface area contributed by atoms with Gasteiger partial charge in [-0.3, -0.25) is 9.59 Å². The lowest BCUT2D eigenvalue weighted by atomic mass is 10.1. The molecule has 1 aromatic carbocycles. The summed E-state index contributed by atoms with van der Waals surface area (Å²) < 4.78 is 15.7. The molecular formula is C20H22N2O6S. The predicted octanol–water partition coefficient (Wildman–Crippen LogP) is 2.80. The molecule has 9 heteroatoms. The Morgan fingerprint density at radius 2 is 1.79 bits per heavy atom. The summed E-state index contributed by atoms with van der Waals surface area (Å²) in [6, 6.07) is 6.34. The zero-order valence-corrected chi connectivity index (χ0v) is 17.0. The molecule has 0 aliphatic carbocycles. The Balaban J connectivity index is 1.81. The fraction of sp³-hybridized carbons (Fsp3) is 0.350. The highest BCUT2D eigenvalue weighted by Crippen LogP contribution is 2.34. The molecule has 0 bridgehead atoms. The normalized spacial score (nSPS) is 13.1. The number of esters is 1. The molecule has 1 saturated heterocycles. The second-order valence-electron chi connectivity index (χ2n) is 6.35. The minimum atomic E-state index is -0.736. The number of benzene rings is 1. The van der Waals surface area contributed by atoms with E-state index in [1.54, 1.807) is 22.4 Å². The maximum atomic E-state index is 12.7. The summed E-state index contributed by atoms with van der Waals surface area (Å²) >= 11 is 1.28. The maximum Gasteiger partial charge on any atom is 0.340 e. The lowest BCUT2D eigenvalue weighted by Gasteiger charge is -2.17. The monoisotopic (exact) mass is 418 g/mol. The average molecular weight is 418 g/mol. The van der Waals surface area contributed by atoms with Gasteiger partial charge >= 0.3 is 5.97 Å². The maximum absolute atomic E-state index is 12.7. The average Bonchev–Trinajstić information content (AvgIpc) is 3.45. The SMILES string of the molecule is COc1cc(NC(=O)c2cccs2)c(C(=O)OCC(=O)N2CCCC2)cc1OC. The number of rotatable bonds is 7. The number of nitrogens with one attached hydrogen (secondary N) is 1. The van der Waals surface area contributed by atoms with Crippen molar-refractivity contribution in [1.82, 2.24) is 4.90 Å². The first-order chi connectivity index (χ1) is 14.0. The molecule has 2 amide bonds. The molecule has 1 aromatic heterocycles. The Morgan fingerprint density at radius 3 is 2.41 bits per heavy atom. The summed E-state index contributed by atoms with van der Waals surface area (Å²) in [6.45, 7) is 0.995. The van der Waals surface area contributed by atoms with Crippen LogP contribution in [0.3, 0.4) is 0 Å². The van der Waals surface area contributed by atoms with Crippen LogP contribution < -0.4 is 14.8 Å². The summed E-state index contributed by atoms with van der Waals surface area (Å²) in [5, 5.41) is 4.48. The Kier molecular flexibility index (Phi) is 6.71. The van der Waals surface area contributed by atoms with Gasteiger partial charge < -0.3 is 24.4 Å². The highest BCUT2D eigenvalue weighted by atomic mass is 32.1. The van der Waals surface area contributed by atoms with Gasteiger partial charge in [0.1, 0.15) is 0 Å². The Labute approximate surface area is 172 Å². The molecule has 1 aliphatic rings. The van der Waals surface area contributed by atoms with E-state index in [9.17, 15) is 14.4 Å². The van der Waals surface area contributed by atoms with Crippen molar-refractivity contribution in [3.63, 3.8) is 0 Å². The molecule has 3 rings (SSSR count). The Hall–Kier alpha value is -3.07. The van der Waals surface area contributed by atoms with Gasteiger partial charge in [-0.1, -0.05) is 6.07 Å². The van der Waals surface area contributed by atoms with E-state index in [2.05, 4.69) is 5.32 Å². The molecular weight excluding hydrogens is 396 g/mol. The van der Waals surface area contributed by atoms with E-state index in [1.165, 1.54) is 37.7 Å². The van der Waals surface area contributed by atoms with Gasteiger partial charge in [0.15, 0.2) is 18.1 Å². The smallest absolute Gasteiger partial charge is 0.340 e. The second kappa shape index (κ2) is 9.42. The van der Waals surface area contributed by atoms with Crippen LogP contribution in [0, 0.1) is 0 Å². The molecule has 8 nitrogen and oxygen atoms in total. The third-order valence-corrected chi connectivity index (χ3v) is 5.39. The topological polar surface area (TPSA) is 94.2 Å². The van der Waals surface area contributed by atoms with Crippen molar-refractivity contribution in [2.24, 2.45) is 0 Å². The van der Waals surface area contributed by atoms with Gasteiger partial charge in [-0.15, -0.1) is 11.3 Å². The zero-order chi connectivity index (χ0) is 20.8. The number of methoxy groups -OCH3 is 2. The number of nitrogens with zero attached hydrogens (tertiary/aromatic N) is 1. The number of carbonyl (C=O) groups excluding carboxylic acids is 3. The van der Waals surface area contributed by atoms with E-state index in [-0.39, 0.29) is 29.7 Å². The van der Waals surface area contributed by atoms with Crippen molar-refractivity contribution in [1.29, 1.82) is 0 Å². The number of hydrogen-bond acceptors (Lipinski definition) is 7. The lowest BCUT2D eigenvalue weighted by molar-refractivity contribution is -0.133. The Morgan fingerprint density at radius 1 is 1.10 bits per heavy atom. The van der Waals surface area contributed by atoms with Crippen LogP contribution in [-0.4, -0.2) is 56.6 Å². The minimum absolute atomic E-state index is 0.0711. The molecule has 0 unspecified atom stereocenters. The first-order valence-corrected chi connectivity index (χ1v) is 9.97. The quantitative estimate of drug-likeness (QED) is 0.695. The van der Waals surface area contributed by atoms with Crippen LogP contribution in [0.4, 0.5) is 5.69 Å². The summed E-state index contributed by atoms with van der Waals surface area (Å²) in [5.74, 6) is -0.687. The van der Waals surface area contributed by atoms with Crippen molar-refractivity contribution in [2.75, 3.05) is 39.2 Å². The van der Waals surface area contributed by atoms with Gasteiger partial charge in [-0.05, 0) is 24.3 Å². The van der Waals surface area contributed by atoms with Crippen LogP contribution >= 0.6 is 11.3 Å². The van der Waals surface area contributed by atoms with Crippen molar-refractivity contribution in [2.45, 2.75) is 12.8 Å². The molecule has 0 radical (unpaired) electrons. The van der Waals surface area contributed by atoms with Gasteiger partial charge in [0.05, 0.1) is 30.3 Å². The number of likely N-dealkylation sites (tertiary alicyclic amines) is 1. The molecule has 154 valence electrons. The van der Waals surface area contributed by atoms with Crippen LogP contribution in [0.25, 0.3) is 0 Å². The first kappa shape index (κ1) is 20.7. The number of anilines is 1. The summed E-state index contributed by atoms with van der Waals surface area (Å²) in [5.41, 5.74) is 0.279. The lowest BCUT2D eigenvalue weighted by Crippen LogP contribution is -2.32. The number of ether oxygens (including phenoxy) is 3. The van der Waals surface area contributed by atoms with E-state index in [4.69, 9.17) is 14.2 Å². The molecule has 0 saturated carbocycles. The van der Waals surface area contributed by atoms with Crippen molar-refractivity contribution in [3.8, 4) is 11.5 Å². The van der Waals surface area contributed by atoms with Crippen LogP contribution in [0.15, 0.2) is 29.6 Å². The zero-order valence-electron chi connectivity index (χ0n) is 16.2. The molecule has 0 spiro atoms. The molecule has 29 heavy (non-hydrogen) atoms. The molecule has 2 aromatic rings. The van der Waals surface area contributed by atoms with E-state index in [0.717, 1.165) is 12.8 Å². The van der Waals surface area contributed by atoms with Gasteiger partial charge in [-0.2, -0.15) is 0 Å². The number of carbonyl (C=O) groups is 3. The second-order valence-corrected chi connectivity index (χ2v) is 7.30. The van der Waals surface area contributed by atoms with E-state index < -0.39 is 5.97 Å².